The number of piperazine rings is 1. The number of aliphatic carboxylic acids is 1. The molecule has 0 aromatic heterocycles. The van der Waals surface area contributed by atoms with E-state index in [0.29, 0.717) is 31.2 Å². The Morgan fingerprint density at radius 3 is 2.40 bits per heavy atom. The lowest BCUT2D eigenvalue weighted by atomic mass is 9.78. The molecule has 0 radical (unpaired) electrons. The fourth-order valence-corrected chi connectivity index (χ4v) is 4.56. The van der Waals surface area contributed by atoms with Crippen molar-refractivity contribution in [1.29, 1.82) is 0 Å². The topological polar surface area (TPSA) is 70.1 Å². The van der Waals surface area contributed by atoms with Crippen LogP contribution in [0.3, 0.4) is 0 Å². The van der Waals surface area contributed by atoms with E-state index in [-0.39, 0.29) is 18.1 Å². The number of halogens is 1. The quantitative estimate of drug-likeness (QED) is 0.886. The summed E-state index contributed by atoms with van der Waals surface area (Å²) in [5, 5.41) is 10.2. The molecule has 4 unspecified atom stereocenters. The van der Waals surface area contributed by atoms with Gasteiger partial charge in [0.25, 0.3) is 0 Å². The van der Waals surface area contributed by atoms with Crippen LogP contribution in [-0.2, 0) is 14.3 Å². The van der Waals surface area contributed by atoms with Gasteiger partial charge in [-0.1, -0.05) is 17.7 Å². The summed E-state index contributed by atoms with van der Waals surface area (Å²) in [5.74, 6) is -2.21. The van der Waals surface area contributed by atoms with Gasteiger partial charge in [-0.2, -0.15) is 0 Å². The maximum atomic E-state index is 12.9. The zero-order valence-corrected chi connectivity index (χ0v) is 14.6. The molecule has 0 aliphatic carbocycles. The van der Waals surface area contributed by atoms with Gasteiger partial charge in [-0.05, 0) is 31.0 Å². The molecular weight excluding hydrogens is 344 g/mol. The number of anilines is 1. The van der Waals surface area contributed by atoms with Crippen LogP contribution in [0, 0.1) is 11.8 Å². The summed E-state index contributed by atoms with van der Waals surface area (Å²) in [5.41, 5.74) is 1.05. The molecule has 3 fully saturated rings. The van der Waals surface area contributed by atoms with E-state index in [0.717, 1.165) is 18.5 Å². The van der Waals surface area contributed by atoms with Gasteiger partial charge in [-0.15, -0.1) is 0 Å². The number of hydrogen-bond acceptors (Lipinski definition) is 4. The number of carbonyl (C=O) groups is 2. The Balaban J connectivity index is 1.42. The molecule has 7 heteroatoms. The number of nitrogens with zero attached hydrogens (tertiary/aromatic N) is 2. The summed E-state index contributed by atoms with van der Waals surface area (Å²) < 4.78 is 5.72. The second-order valence-corrected chi connectivity index (χ2v) is 7.41. The Hall–Kier alpha value is -1.79. The van der Waals surface area contributed by atoms with Crippen LogP contribution < -0.4 is 4.90 Å². The van der Waals surface area contributed by atoms with E-state index in [4.69, 9.17) is 16.3 Å². The van der Waals surface area contributed by atoms with Crippen molar-refractivity contribution >= 4 is 29.2 Å². The van der Waals surface area contributed by atoms with Crippen LogP contribution in [0.5, 0.6) is 0 Å². The summed E-state index contributed by atoms with van der Waals surface area (Å²) in [6.45, 7) is 2.61. The zero-order chi connectivity index (χ0) is 17.6. The molecule has 1 amide bonds. The average Bonchev–Trinajstić information content (AvgIpc) is 3.22. The third-order valence-electron chi connectivity index (χ3n) is 5.61. The Morgan fingerprint density at radius 1 is 1.08 bits per heavy atom. The van der Waals surface area contributed by atoms with Gasteiger partial charge in [-0.3, -0.25) is 9.59 Å². The highest BCUT2D eigenvalue weighted by Crippen LogP contribution is 2.44. The summed E-state index contributed by atoms with van der Waals surface area (Å²) >= 11 is 6.05. The van der Waals surface area contributed by atoms with Crippen LogP contribution in [-0.4, -0.2) is 60.3 Å². The van der Waals surface area contributed by atoms with Crippen LogP contribution >= 0.6 is 11.6 Å². The van der Waals surface area contributed by atoms with Crippen molar-refractivity contribution in [3.8, 4) is 0 Å². The minimum Gasteiger partial charge on any atom is -0.481 e. The zero-order valence-electron chi connectivity index (χ0n) is 13.8. The van der Waals surface area contributed by atoms with E-state index in [9.17, 15) is 14.7 Å². The molecule has 25 heavy (non-hydrogen) atoms. The van der Waals surface area contributed by atoms with E-state index in [1.54, 1.807) is 4.90 Å². The van der Waals surface area contributed by atoms with Gasteiger partial charge in [0.1, 0.15) is 0 Å². The monoisotopic (exact) mass is 364 g/mol. The van der Waals surface area contributed by atoms with Gasteiger partial charge < -0.3 is 19.6 Å². The van der Waals surface area contributed by atoms with Gasteiger partial charge in [0.05, 0.1) is 24.0 Å². The maximum absolute atomic E-state index is 12.9. The maximum Gasteiger partial charge on any atom is 0.310 e. The number of fused-ring (bicyclic) bond motifs is 2. The molecule has 1 aromatic rings. The first-order valence-electron chi connectivity index (χ1n) is 8.72. The SMILES string of the molecule is O=C(O)C1C2CCC(O2)C1C(=O)N1CCN(c2cccc(Cl)c2)CC1. The van der Waals surface area contributed by atoms with Crippen LogP contribution in [0.4, 0.5) is 5.69 Å². The van der Waals surface area contributed by atoms with E-state index < -0.39 is 17.8 Å². The molecule has 3 saturated heterocycles. The predicted molar refractivity (Wildman–Crippen MR) is 92.8 cm³/mol. The smallest absolute Gasteiger partial charge is 0.310 e. The molecule has 4 atom stereocenters. The molecule has 6 nitrogen and oxygen atoms in total. The standard InChI is InChI=1S/C18H21ClN2O4/c19-11-2-1-3-12(10-11)20-6-8-21(9-7-20)17(22)15-13-4-5-14(25-13)16(15)18(23)24/h1-3,10,13-16H,4-9H2,(H,23,24). The van der Waals surface area contributed by atoms with Crippen molar-refractivity contribution in [3.05, 3.63) is 29.3 Å². The van der Waals surface area contributed by atoms with Crippen molar-refractivity contribution in [2.45, 2.75) is 25.0 Å². The second-order valence-electron chi connectivity index (χ2n) is 6.97. The number of carboxylic acids is 1. The number of carbonyl (C=O) groups excluding carboxylic acids is 1. The number of rotatable bonds is 3. The second kappa shape index (κ2) is 6.50. The normalized spacial score (nSPS) is 31.4. The van der Waals surface area contributed by atoms with Crippen molar-refractivity contribution < 1.29 is 19.4 Å². The van der Waals surface area contributed by atoms with Crippen LogP contribution in [0.15, 0.2) is 24.3 Å². The molecule has 2 bridgehead atoms. The Morgan fingerprint density at radius 2 is 1.76 bits per heavy atom. The van der Waals surface area contributed by atoms with Gasteiger partial charge in [0.2, 0.25) is 5.91 Å². The Labute approximate surface area is 151 Å². The largest absolute Gasteiger partial charge is 0.481 e. The summed E-state index contributed by atoms with van der Waals surface area (Å²) in [4.78, 5) is 28.5. The molecule has 1 N–H and O–H groups in total. The van der Waals surface area contributed by atoms with Gasteiger partial charge in [0.15, 0.2) is 0 Å². The first kappa shape index (κ1) is 16.7. The molecule has 3 heterocycles. The minimum atomic E-state index is -0.914. The number of hydrogen-bond donors (Lipinski definition) is 1. The van der Waals surface area contributed by atoms with Gasteiger partial charge in [0, 0.05) is 36.9 Å². The van der Waals surface area contributed by atoms with E-state index in [1.165, 1.54) is 0 Å². The number of ether oxygens (including phenoxy) is 1. The molecular formula is C18H21ClN2O4. The van der Waals surface area contributed by atoms with E-state index in [2.05, 4.69) is 4.90 Å². The molecule has 0 spiro atoms. The first-order valence-corrected chi connectivity index (χ1v) is 9.10. The van der Waals surface area contributed by atoms with Crippen LogP contribution in [0.25, 0.3) is 0 Å². The molecule has 134 valence electrons. The highest BCUT2D eigenvalue weighted by Gasteiger charge is 2.56. The summed E-state index contributed by atoms with van der Waals surface area (Å²) in [7, 11) is 0. The van der Waals surface area contributed by atoms with E-state index in [1.807, 2.05) is 24.3 Å². The predicted octanol–water partition coefficient (Wildman–Crippen LogP) is 1.87. The third-order valence-corrected chi connectivity index (χ3v) is 5.84. The lowest BCUT2D eigenvalue weighted by Gasteiger charge is -2.38. The fraction of sp³-hybridized carbons (Fsp3) is 0.556. The van der Waals surface area contributed by atoms with Crippen LogP contribution in [0.1, 0.15) is 12.8 Å². The molecule has 1 aromatic carbocycles. The molecule has 3 aliphatic rings. The number of carboxylic acid groups (broad SMARTS) is 1. The lowest BCUT2D eigenvalue weighted by molar-refractivity contribution is -0.151. The molecule has 3 aliphatic heterocycles. The Kier molecular flexibility index (Phi) is 4.33. The van der Waals surface area contributed by atoms with Gasteiger partial charge in [-0.25, -0.2) is 0 Å². The highest BCUT2D eigenvalue weighted by molar-refractivity contribution is 6.30. The summed E-state index contributed by atoms with van der Waals surface area (Å²) in [6, 6.07) is 7.68. The fourth-order valence-electron chi connectivity index (χ4n) is 4.37. The number of benzene rings is 1. The minimum absolute atomic E-state index is 0.0645. The van der Waals surface area contributed by atoms with Crippen molar-refractivity contribution in [2.75, 3.05) is 31.1 Å². The lowest BCUT2D eigenvalue weighted by Crippen LogP contribution is -2.53. The van der Waals surface area contributed by atoms with Crippen molar-refractivity contribution in [1.82, 2.24) is 4.90 Å². The molecule has 4 rings (SSSR count). The summed E-state index contributed by atoms with van der Waals surface area (Å²) in [6.07, 6.45) is 0.996. The van der Waals surface area contributed by atoms with Crippen molar-refractivity contribution in [2.24, 2.45) is 11.8 Å². The highest BCUT2D eigenvalue weighted by atomic mass is 35.5. The van der Waals surface area contributed by atoms with E-state index >= 15 is 0 Å². The average molecular weight is 365 g/mol. The van der Waals surface area contributed by atoms with Gasteiger partial charge >= 0.3 is 5.97 Å². The van der Waals surface area contributed by atoms with Crippen molar-refractivity contribution in [3.63, 3.8) is 0 Å². The molecule has 0 saturated carbocycles. The number of amides is 1. The third kappa shape index (κ3) is 2.98. The Bertz CT molecular complexity index is 689. The van der Waals surface area contributed by atoms with Crippen LogP contribution in [0.2, 0.25) is 5.02 Å². The first-order chi connectivity index (χ1) is 12.0.